The maximum Gasteiger partial charge on any atom is 0.266 e. The molecule has 0 saturated carbocycles. The number of carbonyl (C=O) groups is 1. The van der Waals surface area contributed by atoms with Crippen molar-refractivity contribution < 1.29 is 9.90 Å². The number of amides is 1. The summed E-state index contributed by atoms with van der Waals surface area (Å²) in [6, 6.07) is 11.0. The number of aryl methyl sites for hydroxylation is 1. The van der Waals surface area contributed by atoms with E-state index in [1.807, 2.05) is 83.3 Å². The second-order valence-electron chi connectivity index (χ2n) is 5.20. The van der Waals surface area contributed by atoms with Crippen molar-refractivity contribution in [3.63, 3.8) is 0 Å². The summed E-state index contributed by atoms with van der Waals surface area (Å²) in [5.41, 5.74) is 3.42. The highest BCUT2D eigenvalue weighted by molar-refractivity contribution is 14.1. The van der Waals surface area contributed by atoms with Gasteiger partial charge in [-0.3, -0.25) is 4.79 Å². The molecule has 122 valence electrons. The van der Waals surface area contributed by atoms with Gasteiger partial charge in [0.15, 0.2) is 0 Å². The number of benzene rings is 2. The molecule has 2 N–H and O–H groups in total. The normalized spacial score (nSPS) is 11.0. The Morgan fingerprint density at radius 1 is 1.25 bits per heavy atom. The molecule has 0 aliphatic rings. The summed E-state index contributed by atoms with van der Waals surface area (Å²) < 4.78 is 1.33. The van der Waals surface area contributed by atoms with Gasteiger partial charge in [0.05, 0.1) is 7.14 Å². The summed E-state index contributed by atoms with van der Waals surface area (Å²) >= 11 is 4.02. The van der Waals surface area contributed by atoms with E-state index in [2.05, 4.69) is 5.32 Å². The first-order valence-corrected chi connectivity index (χ1v) is 9.16. The fourth-order valence-corrected chi connectivity index (χ4v) is 3.88. The highest BCUT2D eigenvalue weighted by Crippen LogP contribution is 2.28. The molecular weight excluding hydrogens is 530 g/mol. The lowest BCUT2D eigenvalue weighted by Crippen LogP contribution is -2.14. The third-order valence-electron chi connectivity index (χ3n) is 3.57. The summed E-state index contributed by atoms with van der Waals surface area (Å²) in [4.78, 5) is 12.4. The Labute approximate surface area is 167 Å². The van der Waals surface area contributed by atoms with Gasteiger partial charge in [-0.25, -0.2) is 0 Å². The molecule has 0 fully saturated rings. The van der Waals surface area contributed by atoms with Crippen LogP contribution >= 0.6 is 45.2 Å². The third-order valence-corrected chi connectivity index (χ3v) is 5.21. The maximum atomic E-state index is 12.4. The lowest BCUT2D eigenvalue weighted by molar-refractivity contribution is -0.112. The topological polar surface area (TPSA) is 73.1 Å². The number of phenols is 1. The van der Waals surface area contributed by atoms with E-state index in [0.29, 0.717) is 18.4 Å². The number of nitrogens with zero attached hydrogens (tertiary/aromatic N) is 1. The van der Waals surface area contributed by atoms with Crippen molar-refractivity contribution in [1.29, 1.82) is 5.26 Å². The molecule has 2 aromatic rings. The highest BCUT2D eigenvalue weighted by atomic mass is 127. The second kappa shape index (κ2) is 7.98. The van der Waals surface area contributed by atoms with E-state index in [0.717, 1.165) is 11.1 Å². The molecule has 2 aromatic carbocycles. The number of nitrogens with one attached hydrogen (secondary N) is 1. The van der Waals surface area contributed by atoms with Crippen LogP contribution in [0.15, 0.2) is 35.9 Å². The number of anilines is 1. The molecule has 0 heterocycles. The number of rotatable bonds is 3. The molecule has 0 aliphatic carbocycles. The smallest absolute Gasteiger partial charge is 0.266 e. The first-order chi connectivity index (χ1) is 11.3. The van der Waals surface area contributed by atoms with Crippen LogP contribution in [0, 0.1) is 32.3 Å². The average molecular weight is 544 g/mol. The van der Waals surface area contributed by atoms with Crippen LogP contribution in [0.25, 0.3) is 6.08 Å². The van der Waals surface area contributed by atoms with Gasteiger partial charge < -0.3 is 10.4 Å². The highest BCUT2D eigenvalue weighted by Gasteiger charge is 2.12. The third kappa shape index (κ3) is 4.27. The van der Waals surface area contributed by atoms with Gasteiger partial charge in [-0.05, 0) is 100.0 Å². The number of hydrogen-bond acceptors (Lipinski definition) is 3. The van der Waals surface area contributed by atoms with Crippen LogP contribution in [0.5, 0.6) is 5.75 Å². The molecular formula is C18H14I2N2O2. The van der Waals surface area contributed by atoms with Crippen LogP contribution in [0.4, 0.5) is 5.69 Å². The number of nitriles is 1. The Hall–Kier alpha value is -1.60. The number of hydrogen-bond donors (Lipinski definition) is 2. The molecule has 0 bridgehead atoms. The molecule has 0 aliphatic heterocycles. The van der Waals surface area contributed by atoms with Crippen molar-refractivity contribution in [2.45, 2.75) is 13.8 Å². The van der Waals surface area contributed by atoms with Crippen LogP contribution in [0.3, 0.4) is 0 Å². The van der Waals surface area contributed by atoms with Gasteiger partial charge in [-0.2, -0.15) is 5.26 Å². The van der Waals surface area contributed by atoms with Gasteiger partial charge in [-0.15, -0.1) is 0 Å². The Bertz CT molecular complexity index is 860. The monoisotopic (exact) mass is 544 g/mol. The summed E-state index contributed by atoms with van der Waals surface area (Å²) in [6.07, 6.45) is 1.52. The number of phenolic OH excluding ortho intramolecular Hbond substituents is 1. The first kappa shape index (κ1) is 18.7. The predicted octanol–water partition coefficient (Wildman–Crippen LogP) is 4.76. The standard InChI is InChI=1S/C18H14I2N2O2/c1-10-4-3-5-16(11(10)2)22-18(24)13(9-21)6-12-7-14(19)17(23)15(20)8-12/h3-8,23H,1-2H3,(H,22,24)/b13-6+. The minimum atomic E-state index is -0.454. The van der Waals surface area contributed by atoms with Gasteiger partial charge in [0.1, 0.15) is 17.4 Å². The van der Waals surface area contributed by atoms with E-state index in [4.69, 9.17) is 0 Å². The molecule has 1 amide bonds. The SMILES string of the molecule is Cc1cccc(NC(=O)/C(C#N)=C/c2cc(I)c(O)c(I)c2)c1C. The Morgan fingerprint density at radius 2 is 1.88 bits per heavy atom. The van der Waals surface area contributed by atoms with Crippen LogP contribution in [0.1, 0.15) is 16.7 Å². The minimum absolute atomic E-state index is 0.00759. The fraction of sp³-hybridized carbons (Fsp3) is 0.111. The molecule has 0 spiro atoms. The maximum absolute atomic E-state index is 12.4. The van der Waals surface area contributed by atoms with Gasteiger partial charge in [-0.1, -0.05) is 12.1 Å². The number of halogens is 2. The fourth-order valence-electron chi connectivity index (χ4n) is 2.06. The summed E-state index contributed by atoms with van der Waals surface area (Å²) in [7, 11) is 0. The van der Waals surface area contributed by atoms with Crippen LogP contribution < -0.4 is 5.32 Å². The van der Waals surface area contributed by atoms with Crippen molar-refractivity contribution >= 4 is 62.9 Å². The Morgan fingerprint density at radius 3 is 2.46 bits per heavy atom. The quantitative estimate of drug-likeness (QED) is 0.333. The van der Waals surface area contributed by atoms with Crippen molar-refractivity contribution in [1.82, 2.24) is 0 Å². The van der Waals surface area contributed by atoms with Gasteiger partial charge in [0, 0.05) is 5.69 Å². The summed E-state index contributed by atoms with van der Waals surface area (Å²) in [5.74, 6) is -0.254. The van der Waals surface area contributed by atoms with E-state index in [1.165, 1.54) is 6.08 Å². The van der Waals surface area contributed by atoms with E-state index in [1.54, 1.807) is 12.1 Å². The molecule has 0 radical (unpaired) electrons. The number of aromatic hydroxyl groups is 1. The van der Waals surface area contributed by atoms with E-state index < -0.39 is 5.91 Å². The molecule has 0 atom stereocenters. The molecule has 0 saturated heterocycles. The zero-order chi connectivity index (χ0) is 17.9. The van der Waals surface area contributed by atoms with Crippen molar-refractivity contribution in [3.8, 4) is 11.8 Å². The largest absolute Gasteiger partial charge is 0.506 e. The zero-order valence-electron chi connectivity index (χ0n) is 13.0. The van der Waals surface area contributed by atoms with Gasteiger partial charge in [0.2, 0.25) is 0 Å². The van der Waals surface area contributed by atoms with Crippen LogP contribution in [0.2, 0.25) is 0 Å². The van der Waals surface area contributed by atoms with Gasteiger partial charge in [0.25, 0.3) is 5.91 Å². The van der Waals surface area contributed by atoms with E-state index >= 15 is 0 Å². The first-order valence-electron chi connectivity index (χ1n) is 7.01. The molecule has 4 nitrogen and oxygen atoms in total. The van der Waals surface area contributed by atoms with Gasteiger partial charge >= 0.3 is 0 Å². The van der Waals surface area contributed by atoms with E-state index in [-0.39, 0.29) is 11.3 Å². The Kier molecular flexibility index (Phi) is 6.23. The summed E-state index contributed by atoms with van der Waals surface area (Å²) in [5, 5.41) is 21.9. The lowest BCUT2D eigenvalue weighted by Gasteiger charge is -2.10. The summed E-state index contributed by atoms with van der Waals surface area (Å²) in [6.45, 7) is 3.89. The predicted molar refractivity (Wildman–Crippen MR) is 112 cm³/mol. The molecule has 0 aromatic heterocycles. The van der Waals surface area contributed by atoms with E-state index in [9.17, 15) is 15.2 Å². The zero-order valence-corrected chi connectivity index (χ0v) is 17.3. The number of carbonyl (C=O) groups excluding carboxylic acids is 1. The molecule has 24 heavy (non-hydrogen) atoms. The van der Waals surface area contributed by atoms with Crippen molar-refractivity contribution in [2.24, 2.45) is 0 Å². The van der Waals surface area contributed by atoms with Crippen LogP contribution in [-0.4, -0.2) is 11.0 Å². The Balaban J connectivity index is 2.33. The van der Waals surface area contributed by atoms with Crippen molar-refractivity contribution in [2.75, 3.05) is 5.32 Å². The van der Waals surface area contributed by atoms with Crippen molar-refractivity contribution in [3.05, 3.63) is 59.7 Å². The lowest BCUT2D eigenvalue weighted by atomic mass is 10.1. The van der Waals surface area contributed by atoms with Crippen LogP contribution in [-0.2, 0) is 4.79 Å². The molecule has 6 heteroatoms. The minimum Gasteiger partial charge on any atom is -0.506 e. The molecule has 0 unspecified atom stereocenters. The molecule has 2 rings (SSSR count). The second-order valence-corrected chi connectivity index (χ2v) is 7.53. The average Bonchev–Trinajstić information content (AvgIpc) is 2.54.